The summed E-state index contributed by atoms with van der Waals surface area (Å²) in [6, 6.07) is 9.19. The van der Waals surface area contributed by atoms with Gasteiger partial charge in [0.05, 0.1) is 17.8 Å². The molecule has 0 N–H and O–H groups in total. The highest BCUT2D eigenvalue weighted by atomic mass is 79.9. The molecule has 104 valence electrons. The van der Waals surface area contributed by atoms with Gasteiger partial charge in [-0.05, 0) is 25.1 Å². The number of hydrogen-bond acceptors (Lipinski definition) is 4. The predicted octanol–water partition coefficient (Wildman–Crippen LogP) is 2.98. The van der Waals surface area contributed by atoms with Gasteiger partial charge in [0.15, 0.2) is 5.76 Å². The minimum Gasteiger partial charge on any atom is -0.359 e. The van der Waals surface area contributed by atoms with Crippen LogP contribution in [0.15, 0.2) is 44.3 Å². The number of aromatic nitrogens is 2. The molecule has 3 aromatic rings. The van der Waals surface area contributed by atoms with Crippen LogP contribution in [-0.4, -0.2) is 9.72 Å². The van der Waals surface area contributed by atoms with Crippen LogP contribution in [-0.2, 0) is 6.54 Å². The Balaban J connectivity index is 2.24. The number of fused-ring (bicyclic) bond motifs is 1. The third kappa shape index (κ3) is 2.48. The van der Waals surface area contributed by atoms with Crippen molar-refractivity contribution in [2.75, 3.05) is 0 Å². The number of pyridine rings is 1. The zero-order valence-corrected chi connectivity index (χ0v) is 12.7. The standard InChI is InChI=1S/C15H10BrN3O2/c1-9-4-12(21-18-9)8-19-7-10(6-17)15(20)13-5-11(16)2-3-14(13)19/h2-5,7H,8H2,1H3. The van der Waals surface area contributed by atoms with Crippen LogP contribution in [0, 0.1) is 18.3 Å². The van der Waals surface area contributed by atoms with Crippen molar-refractivity contribution in [1.29, 1.82) is 5.26 Å². The van der Waals surface area contributed by atoms with E-state index in [0.29, 0.717) is 17.7 Å². The fourth-order valence-corrected chi connectivity index (χ4v) is 2.60. The molecule has 0 aliphatic rings. The van der Waals surface area contributed by atoms with Crippen LogP contribution in [0.1, 0.15) is 17.0 Å². The van der Waals surface area contributed by atoms with Crippen molar-refractivity contribution in [3.05, 3.63) is 62.2 Å². The highest BCUT2D eigenvalue weighted by Crippen LogP contribution is 2.19. The Morgan fingerprint density at radius 1 is 1.43 bits per heavy atom. The molecule has 0 unspecified atom stereocenters. The molecule has 0 aliphatic carbocycles. The van der Waals surface area contributed by atoms with E-state index in [1.165, 1.54) is 0 Å². The zero-order valence-electron chi connectivity index (χ0n) is 11.1. The Kier molecular flexibility index (Phi) is 3.35. The van der Waals surface area contributed by atoms with Gasteiger partial charge in [0.25, 0.3) is 0 Å². The van der Waals surface area contributed by atoms with E-state index < -0.39 is 0 Å². The lowest BCUT2D eigenvalue weighted by atomic mass is 10.1. The number of halogens is 1. The van der Waals surface area contributed by atoms with E-state index in [9.17, 15) is 4.79 Å². The summed E-state index contributed by atoms with van der Waals surface area (Å²) < 4.78 is 7.82. The first kappa shape index (κ1) is 13.6. The molecule has 2 aromatic heterocycles. The average Bonchev–Trinajstić information content (AvgIpc) is 2.87. The van der Waals surface area contributed by atoms with Crippen LogP contribution >= 0.6 is 15.9 Å². The molecule has 0 amide bonds. The van der Waals surface area contributed by atoms with Gasteiger partial charge in [-0.25, -0.2) is 0 Å². The summed E-state index contributed by atoms with van der Waals surface area (Å²) in [5, 5.41) is 13.5. The average molecular weight is 344 g/mol. The smallest absolute Gasteiger partial charge is 0.207 e. The summed E-state index contributed by atoms with van der Waals surface area (Å²) in [5.41, 5.74) is 1.38. The molecule has 0 atom stereocenters. The molecule has 1 aromatic carbocycles. The number of hydrogen-bond donors (Lipinski definition) is 0. The summed E-state index contributed by atoms with van der Waals surface area (Å²) >= 11 is 3.35. The number of benzene rings is 1. The molecule has 0 saturated heterocycles. The molecule has 0 aliphatic heterocycles. The number of rotatable bonds is 2. The maximum atomic E-state index is 12.2. The van der Waals surface area contributed by atoms with Crippen LogP contribution < -0.4 is 5.43 Å². The van der Waals surface area contributed by atoms with Crippen molar-refractivity contribution in [2.45, 2.75) is 13.5 Å². The molecular formula is C15H10BrN3O2. The molecule has 21 heavy (non-hydrogen) atoms. The predicted molar refractivity (Wildman–Crippen MR) is 81.0 cm³/mol. The topological polar surface area (TPSA) is 71.8 Å². The second-order valence-electron chi connectivity index (χ2n) is 4.71. The first-order chi connectivity index (χ1) is 10.1. The normalized spacial score (nSPS) is 10.7. The summed E-state index contributed by atoms with van der Waals surface area (Å²) in [7, 11) is 0. The van der Waals surface area contributed by atoms with E-state index in [1.54, 1.807) is 12.3 Å². The highest BCUT2D eigenvalue weighted by Gasteiger charge is 2.11. The zero-order chi connectivity index (χ0) is 15.0. The quantitative estimate of drug-likeness (QED) is 0.717. The van der Waals surface area contributed by atoms with Crippen LogP contribution in [0.3, 0.4) is 0 Å². The van der Waals surface area contributed by atoms with Crippen LogP contribution in [0.2, 0.25) is 0 Å². The van der Waals surface area contributed by atoms with Gasteiger partial charge in [0.2, 0.25) is 5.43 Å². The lowest BCUT2D eigenvalue weighted by Crippen LogP contribution is -2.13. The van der Waals surface area contributed by atoms with Gasteiger partial charge >= 0.3 is 0 Å². The Morgan fingerprint density at radius 2 is 2.24 bits per heavy atom. The summed E-state index contributed by atoms with van der Waals surface area (Å²) in [5.74, 6) is 0.671. The second kappa shape index (κ2) is 5.19. The van der Waals surface area contributed by atoms with Crippen molar-refractivity contribution < 1.29 is 4.52 Å². The van der Waals surface area contributed by atoms with E-state index in [2.05, 4.69) is 21.1 Å². The van der Waals surface area contributed by atoms with E-state index in [1.807, 2.05) is 35.8 Å². The van der Waals surface area contributed by atoms with Gasteiger partial charge in [0.1, 0.15) is 11.6 Å². The van der Waals surface area contributed by atoms with Crippen molar-refractivity contribution in [2.24, 2.45) is 0 Å². The summed E-state index contributed by atoms with van der Waals surface area (Å²) in [6.45, 7) is 2.25. The molecule has 3 rings (SSSR count). The minimum absolute atomic E-state index is 0.108. The Bertz CT molecular complexity index is 934. The van der Waals surface area contributed by atoms with E-state index >= 15 is 0 Å². The van der Waals surface area contributed by atoms with Gasteiger partial charge in [-0.3, -0.25) is 4.79 Å². The van der Waals surface area contributed by atoms with Gasteiger partial charge in [-0.1, -0.05) is 21.1 Å². The Hall–Kier alpha value is -2.39. The monoisotopic (exact) mass is 343 g/mol. The van der Waals surface area contributed by atoms with E-state index in [-0.39, 0.29) is 11.0 Å². The molecule has 2 heterocycles. The van der Waals surface area contributed by atoms with Crippen LogP contribution in [0.4, 0.5) is 0 Å². The first-order valence-corrected chi connectivity index (χ1v) is 7.03. The van der Waals surface area contributed by atoms with Crippen molar-refractivity contribution in [1.82, 2.24) is 9.72 Å². The second-order valence-corrected chi connectivity index (χ2v) is 5.62. The largest absolute Gasteiger partial charge is 0.359 e. The molecule has 6 heteroatoms. The molecule has 0 fully saturated rings. The summed E-state index contributed by atoms with van der Waals surface area (Å²) in [4.78, 5) is 12.2. The van der Waals surface area contributed by atoms with Crippen LogP contribution in [0.5, 0.6) is 0 Å². The van der Waals surface area contributed by atoms with E-state index in [4.69, 9.17) is 9.78 Å². The molecule has 0 spiro atoms. The van der Waals surface area contributed by atoms with Crippen LogP contribution in [0.25, 0.3) is 10.9 Å². The van der Waals surface area contributed by atoms with Gasteiger partial charge < -0.3 is 9.09 Å². The van der Waals surface area contributed by atoms with Crippen molar-refractivity contribution in [3.8, 4) is 6.07 Å². The number of aryl methyl sites for hydroxylation is 1. The number of nitriles is 1. The molecular weight excluding hydrogens is 334 g/mol. The van der Waals surface area contributed by atoms with Gasteiger partial charge in [-0.2, -0.15) is 5.26 Å². The lowest BCUT2D eigenvalue weighted by Gasteiger charge is -2.10. The third-order valence-corrected chi connectivity index (χ3v) is 3.66. The molecule has 0 radical (unpaired) electrons. The highest BCUT2D eigenvalue weighted by molar-refractivity contribution is 9.10. The SMILES string of the molecule is Cc1cc(Cn2cc(C#N)c(=O)c3cc(Br)ccc32)on1. The van der Waals surface area contributed by atoms with E-state index in [0.717, 1.165) is 15.7 Å². The first-order valence-electron chi connectivity index (χ1n) is 6.23. The summed E-state index contributed by atoms with van der Waals surface area (Å²) in [6.07, 6.45) is 1.55. The molecule has 0 bridgehead atoms. The maximum Gasteiger partial charge on any atom is 0.207 e. The number of nitrogens with zero attached hydrogens (tertiary/aromatic N) is 3. The fourth-order valence-electron chi connectivity index (χ4n) is 2.24. The van der Waals surface area contributed by atoms with Gasteiger partial charge in [-0.15, -0.1) is 0 Å². The third-order valence-electron chi connectivity index (χ3n) is 3.17. The van der Waals surface area contributed by atoms with Crippen molar-refractivity contribution in [3.63, 3.8) is 0 Å². The fraction of sp³-hybridized carbons (Fsp3) is 0.133. The Morgan fingerprint density at radius 3 is 2.90 bits per heavy atom. The van der Waals surface area contributed by atoms with Crippen molar-refractivity contribution >= 4 is 26.8 Å². The van der Waals surface area contributed by atoms with Gasteiger partial charge in [0, 0.05) is 22.1 Å². The molecule has 5 nitrogen and oxygen atoms in total. The molecule has 0 saturated carbocycles. The Labute approximate surface area is 128 Å². The minimum atomic E-state index is -0.265. The maximum absolute atomic E-state index is 12.2. The lowest BCUT2D eigenvalue weighted by molar-refractivity contribution is 0.374.